The lowest BCUT2D eigenvalue weighted by Gasteiger charge is -2.23. The third-order valence-corrected chi connectivity index (χ3v) is 5.27. The molecule has 0 saturated heterocycles. The van der Waals surface area contributed by atoms with Gasteiger partial charge in [-0.2, -0.15) is 0 Å². The smallest absolute Gasteiger partial charge is 0.255 e. The van der Waals surface area contributed by atoms with Crippen LogP contribution in [0, 0.1) is 0 Å². The van der Waals surface area contributed by atoms with Gasteiger partial charge in [-0.05, 0) is 55.3 Å². The van der Waals surface area contributed by atoms with E-state index < -0.39 is 0 Å². The van der Waals surface area contributed by atoms with Gasteiger partial charge in [-0.25, -0.2) is 0 Å². The van der Waals surface area contributed by atoms with Crippen LogP contribution < -0.4 is 10.3 Å². The Kier molecular flexibility index (Phi) is 6.60. The summed E-state index contributed by atoms with van der Waals surface area (Å²) in [4.78, 5) is 34.7. The average Bonchev–Trinajstić information content (AvgIpc) is 2.83. The van der Waals surface area contributed by atoms with Gasteiger partial charge in [0, 0.05) is 35.4 Å². The zero-order chi connectivity index (χ0) is 22.3. The number of H-pyrrole nitrogens is 1. The quantitative estimate of drug-likeness (QED) is 0.457. The van der Waals surface area contributed by atoms with Crippen LogP contribution in [-0.2, 0) is 13.0 Å². The molecule has 32 heavy (non-hydrogen) atoms. The third-order valence-electron chi connectivity index (χ3n) is 5.27. The number of rotatable bonds is 8. The van der Waals surface area contributed by atoms with E-state index in [1.54, 1.807) is 29.4 Å². The Morgan fingerprint density at radius 3 is 2.66 bits per heavy atom. The topological polar surface area (TPSA) is 75.3 Å². The van der Waals surface area contributed by atoms with Crippen molar-refractivity contribution in [3.8, 4) is 5.75 Å². The predicted octanol–water partition coefficient (Wildman–Crippen LogP) is 4.21. The molecular weight excluding hydrogens is 402 g/mol. The van der Waals surface area contributed by atoms with E-state index in [9.17, 15) is 9.59 Å². The molecule has 2 aromatic carbocycles. The van der Waals surface area contributed by atoms with E-state index in [1.165, 1.54) is 0 Å². The lowest BCUT2D eigenvalue weighted by Crippen LogP contribution is -2.34. The van der Waals surface area contributed by atoms with Gasteiger partial charge in [0.15, 0.2) is 0 Å². The van der Waals surface area contributed by atoms with Crippen LogP contribution >= 0.6 is 0 Å². The van der Waals surface area contributed by atoms with Crippen molar-refractivity contribution in [2.75, 3.05) is 13.2 Å². The second kappa shape index (κ2) is 9.92. The maximum atomic E-state index is 13.2. The van der Waals surface area contributed by atoms with Crippen molar-refractivity contribution in [1.29, 1.82) is 0 Å². The van der Waals surface area contributed by atoms with Crippen molar-refractivity contribution in [3.05, 3.63) is 106 Å². The summed E-state index contributed by atoms with van der Waals surface area (Å²) >= 11 is 0. The molecule has 0 aliphatic rings. The molecule has 162 valence electrons. The Morgan fingerprint density at radius 1 is 1.06 bits per heavy atom. The maximum Gasteiger partial charge on any atom is 0.255 e. The van der Waals surface area contributed by atoms with Crippen LogP contribution in [0.25, 0.3) is 10.9 Å². The Bertz CT molecular complexity index is 1250. The fraction of sp³-hybridized carbons (Fsp3) is 0.192. The van der Waals surface area contributed by atoms with Gasteiger partial charge in [-0.15, -0.1) is 0 Å². The summed E-state index contributed by atoms with van der Waals surface area (Å²) in [6.07, 6.45) is 3.87. The van der Waals surface area contributed by atoms with Crippen LogP contribution in [0.4, 0.5) is 0 Å². The van der Waals surface area contributed by atoms with Crippen molar-refractivity contribution in [2.45, 2.75) is 19.9 Å². The first kappa shape index (κ1) is 21.3. The Balaban J connectivity index is 1.64. The number of aromatic amines is 1. The van der Waals surface area contributed by atoms with Gasteiger partial charge in [0.2, 0.25) is 0 Å². The highest BCUT2D eigenvalue weighted by atomic mass is 16.5. The van der Waals surface area contributed by atoms with Crippen molar-refractivity contribution in [3.63, 3.8) is 0 Å². The molecule has 0 unspecified atom stereocenters. The van der Waals surface area contributed by atoms with E-state index in [4.69, 9.17) is 4.74 Å². The molecule has 2 aromatic heterocycles. The normalized spacial score (nSPS) is 10.8. The van der Waals surface area contributed by atoms with Crippen molar-refractivity contribution in [1.82, 2.24) is 14.9 Å². The summed E-state index contributed by atoms with van der Waals surface area (Å²) in [6.45, 7) is 3.17. The number of nitrogens with one attached hydrogen (secondary N) is 1. The van der Waals surface area contributed by atoms with Gasteiger partial charge in [0.05, 0.1) is 18.7 Å². The second-order valence-corrected chi connectivity index (χ2v) is 7.51. The maximum absolute atomic E-state index is 13.2. The molecule has 0 saturated carbocycles. The molecule has 1 amide bonds. The first-order valence-corrected chi connectivity index (χ1v) is 10.7. The summed E-state index contributed by atoms with van der Waals surface area (Å²) < 4.78 is 5.59. The molecule has 4 rings (SSSR count). The van der Waals surface area contributed by atoms with E-state index in [-0.39, 0.29) is 18.0 Å². The standard InChI is InChI=1S/C26H25N3O3/c1-2-32-23-10-11-24-21(16-23)15-22(25(30)28-24)18-29(14-12-19-7-4-3-5-8-19)26(31)20-9-6-13-27-17-20/h3-11,13,15-17H,2,12,14,18H2,1H3,(H,28,30). The molecule has 6 heteroatoms. The number of aromatic nitrogens is 2. The van der Waals surface area contributed by atoms with Gasteiger partial charge in [-0.3, -0.25) is 14.6 Å². The SMILES string of the molecule is CCOc1ccc2[nH]c(=O)c(CN(CCc3ccccc3)C(=O)c3cccnc3)cc2c1. The largest absolute Gasteiger partial charge is 0.494 e. The first-order valence-electron chi connectivity index (χ1n) is 10.7. The number of carbonyl (C=O) groups excluding carboxylic acids is 1. The Hall–Kier alpha value is -3.93. The molecule has 0 aliphatic carbocycles. The highest BCUT2D eigenvalue weighted by Crippen LogP contribution is 2.20. The van der Waals surface area contributed by atoms with Gasteiger partial charge < -0.3 is 14.6 Å². The third kappa shape index (κ3) is 5.03. The second-order valence-electron chi connectivity index (χ2n) is 7.51. The van der Waals surface area contributed by atoms with Gasteiger partial charge >= 0.3 is 0 Å². The zero-order valence-electron chi connectivity index (χ0n) is 18.0. The van der Waals surface area contributed by atoms with E-state index >= 15 is 0 Å². The summed E-state index contributed by atoms with van der Waals surface area (Å²) in [5, 5.41) is 0.863. The molecule has 6 nitrogen and oxygen atoms in total. The van der Waals surface area contributed by atoms with Crippen LogP contribution in [0.15, 0.2) is 83.9 Å². The molecule has 0 atom stereocenters. The molecule has 4 aromatic rings. The summed E-state index contributed by atoms with van der Waals surface area (Å²) in [6, 6.07) is 20.9. The molecule has 0 spiro atoms. The van der Waals surface area contributed by atoms with Gasteiger partial charge in [0.1, 0.15) is 5.75 Å². The molecule has 0 aliphatic heterocycles. The van der Waals surface area contributed by atoms with Crippen LogP contribution in [0.5, 0.6) is 5.75 Å². The average molecular weight is 428 g/mol. The lowest BCUT2D eigenvalue weighted by atomic mass is 10.1. The molecule has 0 bridgehead atoms. The minimum Gasteiger partial charge on any atom is -0.494 e. The first-order chi connectivity index (χ1) is 15.6. The van der Waals surface area contributed by atoms with E-state index in [2.05, 4.69) is 9.97 Å². The van der Waals surface area contributed by atoms with Crippen LogP contribution in [0.3, 0.4) is 0 Å². The fourth-order valence-electron chi connectivity index (χ4n) is 3.64. The lowest BCUT2D eigenvalue weighted by molar-refractivity contribution is 0.0744. The van der Waals surface area contributed by atoms with E-state index in [0.717, 1.165) is 22.2 Å². The summed E-state index contributed by atoms with van der Waals surface area (Å²) in [5.41, 5.74) is 2.68. The van der Waals surface area contributed by atoms with Crippen LogP contribution in [0.2, 0.25) is 0 Å². The van der Waals surface area contributed by atoms with Crippen LogP contribution in [0.1, 0.15) is 28.4 Å². The summed E-state index contributed by atoms with van der Waals surface area (Å²) in [7, 11) is 0. The predicted molar refractivity (Wildman–Crippen MR) is 125 cm³/mol. The Morgan fingerprint density at radius 2 is 1.91 bits per heavy atom. The fourth-order valence-corrected chi connectivity index (χ4v) is 3.64. The number of nitrogens with zero attached hydrogens (tertiary/aromatic N) is 2. The number of hydrogen-bond acceptors (Lipinski definition) is 4. The van der Waals surface area contributed by atoms with Crippen molar-refractivity contribution in [2.24, 2.45) is 0 Å². The minimum atomic E-state index is -0.203. The number of pyridine rings is 2. The van der Waals surface area contributed by atoms with Crippen LogP contribution in [-0.4, -0.2) is 33.9 Å². The number of hydrogen-bond donors (Lipinski definition) is 1. The van der Waals surface area contributed by atoms with Crippen molar-refractivity contribution >= 4 is 16.8 Å². The number of amides is 1. The number of fused-ring (bicyclic) bond motifs is 1. The number of carbonyl (C=O) groups is 1. The number of benzene rings is 2. The number of ether oxygens (including phenoxy) is 1. The molecular formula is C26H25N3O3. The van der Waals surface area contributed by atoms with Gasteiger partial charge in [-0.1, -0.05) is 30.3 Å². The molecule has 2 heterocycles. The monoisotopic (exact) mass is 427 g/mol. The molecule has 0 fully saturated rings. The Labute approximate surface area is 186 Å². The minimum absolute atomic E-state index is 0.156. The summed E-state index contributed by atoms with van der Waals surface area (Å²) in [5.74, 6) is 0.585. The highest BCUT2D eigenvalue weighted by Gasteiger charge is 2.18. The highest BCUT2D eigenvalue weighted by molar-refractivity contribution is 5.94. The molecule has 0 radical (unpaired) electrons. The van der Waals surface area contributed by atoms with E-state index in [1.807, 2.05) is 61.5 Å². The van der Waals surface area contributed by atoms with E-state index in [0.29, 0.717) is 30.7 Å². The zero-order valence-corrected chi connectivity index (χ0v) is 18.0. The van der Waals surface area contributed by atoms with Crippen molar-refractivity contribution < 1.29 is 9.53 Å². The van der Waals surface area contributed by atoms with Gasteiger partial charge in [0.25, 0.3) is 11.5 Å². The molecule has 1 N–H and O–H groups in total.